The van der Waals surface area contributed by atoms with Gasteiger partial charge in [0, 0.05) is 13.8 Å². The van der Waals surface area contributed by atoms with Crippen LogP contribution in [0.15, 0.2) is 6.20 Å². The first-order valence-electron chi connectivity index (χ1n) is 10.0. The Morgan fingerprint density at radius 1 is 1.04 bits per heavy atom. The zero-order valence-electron chi connectivity index (χ0n) is 16.0. The lowest BCUT2D eigenvalue weighted by molar-refractivity contribution is -0.146. The highest BCUT2D eigenvalue weighted by Gasteiger charge is 2.32. The van der Waals surface area contributed by atoms with Gasteiger partial charge in [-0.15, -0.1) is 0 Å². The van der Waals surface area contributed by atoms with Crippen molar-refractivity contribution in [2.24, 2.45) is 0 Å². The molecule has 1 aromatic rings. The number of carbonyl (C=O) groups is 2. The first kappa shape index (κ1) is 18.9. The number of pyridine rings is 1. The fourth-order valence-electron chi connectivity index (χ4n) is 4.53. The zero-order chi connectivity index (χ0) is 18.5. The summed E-state index contributed by atoms with van der Waals surface area (Å²) in [5, 5.41) is 3.00. The predicted molar refractivity (Wildman–Crippen MR) is 101 cm³/mol. The third kappa shape index (κ3) is 4.43. The average molecular weight is 358 g/mol. The standard InChI is InChI=1S/C21H30N2O3/c1-14(24)23-18-13-22-21-17(11-12-19(21)26-15(2)25)20(18)16-9-7-5-3-4-6-8-10-16/h13,16,19H,3-12H2,1-2H3,(H,23,24). The molecule has 0 aromatic carbocycles. The van der Waals surface area contributed by atoms with Crippen LogP contribution in [-0.2, 0) is 20.7 Å². The summed E-state index contributed by atoms with van der Waals surface area (Å²) in [4.78, 5) is 27.7. The summed E-state index contributed by atoms with van der Waals surface area (Å²) in [6.45, 7) is 2.99. The number of anilines is 1. The molecule has 1 atom stereocenters. The second-order valence-electron chi connectivity index (χ2n) is 7.66. The molecule has 5 nitrogen and oxygen atoms in total. The van der Waals surface area contributed by atoms with E-state index >= 15 is 0 Å². The van der Waals surface area contributed by atoms with Crippen molar-refractivity contribution in [3.05, 3.63) is 23.0 Å². The molecule has 1 N–H and O–H groups in total. The monoisotopic (exact) mass is 358 g/mol. The smallest absolute Gasteiger partial charge is 0.303 e. The number of nitrogens with zero attached hydrogens (tertiary/aromatic N) is 1. The summed E-state index contributed by atoms with van der Waals surface area (Å²) in [7, 11) is 0. The first-order chi connectivity index (χ1) is 12.6. The Hall–Kier alpha value is -1.91. The topological polar surface area (TPSA) is 68.3 Å². The number of aromatic nitrogens is 1. The van der Waals surface area contributed by atoms with E-state index in [2.05, 4.69) is 10.3 Å². The van der Waals surface area contributed by atoms with Crippen molar-refractivity contribution in [3.63, 3.8) is 0 Å². The third-order valence-corrected chi connectivity index (χ3v) is 5.60. The highest BCUT2D eigenvalue weighted by molar-refractivity contribution is 5.89. The molecule has 0 radical (unpaired) electrons. The Bertz CT molecular complexity index is 661. The molecule has 5 heteroatoms. The van der Waals surface area contributed by atoms with Gasteiger partial charge in [-0.2, -0.15) is 0 Å². The van der Waals surface area contributed by atoms with Crippen LogP contribution in [0.2, 0.25) is 0 Å². The lowest BCUT2D eigenvalue weighted by atomic mass is 9.85. The van der Waals surface area contributed by atoms with Crippen molar-refractivity contribution < 1.29 is 14.3 Å². The average Bonchev–Trinajstić information content (AvgIpc) is 3.02. The van der Waals surface area contributed by atoms with Crippen LogP contribution in [0.3, 0.4) is 0 Å². The van der Waals surface area contributed by atoms with Gasteiger partial charge in [0.25, 0.3) is 0 Å². The third-order valence-electron chi connectivity index (χ3n) is 5.60. The Balaban J connectivity index is 1.97. The highest BCUT2D eigenvalue weighted by atomic mass is 16.5. The maximum atomic E-state index is 11.7. The van der Waals surface area contributed by atoms with E-state index in [-0.39, 0.29) is 18.0 Å². The molecule has 1 heterocycles. The van der Waals surface area contributed by atoms with E-state index in [4.69, 9.17) is 4.74 Å². The second-order valence-corrected chi connectivity index (χ2v) is 7.66. The van der Waals surface area contributed by atoms with Crippen LogP contribution in [0.4, 0.5) is 5.69 Å². The fraction of sp³-hybridized carbons (Fsp3) is 0.667. The van der Waals surface area contributed by atoms with Crippen LogP contribution in [0.1, 0.15) is 100 Å². The number of esters is 1. The van der Waals surface area contributed by atoms with Gasteiger partial charge in [-0.1, -0.05) is 38.5 Å². The van der Waals surface area contributed by atoms with Crippen LogP contribution in [0.5, 0.6) is 0 Å². The number of hydrogen-bond acceptors (Lipinski definition) is 4. The van der Waals surface area contributed by atoms with Crippen molar-refractivity contribution in [1.82, 2.24) is 4.98 Å². The van der Waals surface area contributed by atoms with Crippen molar-refractivity contribution in [3.8, 4) is 0 Å². The minimum absolute atomic E-state index is 0.0643. The molecule has 142 valence electrons. The molecule has 0 saturated heterocycles. The van der Waals surface area contributed by atoms with E-state index < -0.39 is 0 Å². The number of ether oxygens (including phenoxy) is 1. The molecule has 26 heavy (non-hydrogen) atoms. The van der Waals surface area contributed by atoms with Gasteiger partial charge >= 0.3 is 5.97 Å². The molecule has 2 aliphatic carbocycles. The normalized spacial score (nSPS) is 21.2. The number of rotatable bonds is 3. The van der Waals surface area contributed by atoms with Gasteiger partial charge in [0.15, 0.2) is 0 Å². The zero-order valence-corrected chi connectivity index (χ0v) is 16.0. The molecule has 1 amide bonds. The van der Waals surface area contributed by atoms with Gasteiger partial charge < -0.3 is 10.1 Å². The van der Waals surface area contributed by atoms with Gasteiger partial charge in [-0.05, 0) is 42.7 Å². The second kappa shape index (κ2) is 8.65. The Kier molecular flexibility index (Phi) is 6.28. The minimum atomic E-state index is -0.264. The summed E-state index contributed by atoms with van der Waals surface area (Å²) in [5.41, 5.74) is 4.20. The molecular weight excluding hydrogens is 328 g/mol. The molecule has 0 bridgehead atoms. The Labute approximate surface area is 155 Å². The van der Waals surface area contributed by atoms with E-state index in [0.29, 0.717) is 5.92 Å². The van der Waals surface area contributed by atoms with Crippen molar-refractivity contribution in [1.29, 1.82) is 0 Å². The van der Waals surface area contributed by atoms with Crippen LogP contribution in [-0.4, -0.2) is 16.9 Å². The molecule has 0 spiro atoms. The Morgan fingerprint density at radius 3 is 2.31 bits per heavy atom. The van der Waals surface area contributed by atoms with Crippen LogP contribution < -0.4 is 5.32 Å². The Morgan fingerprint density at radius 2 is 1.69 bits per heavy atom. The largest absolute Gasteiger partial charge is 0.456 e. The van der Waals surface area contributed by atoms with Crippen LogP contribution >= 0.6 is 0 Å². The molecule has 2 aliphatic rings. The summed E-state index contributed by atoms with van der Waals surface area (Å²) in [5.74, 6) is 0.118. The first-order valence-corrected chi connectivity index (χ1v) is 10.0. The van der Waals surface area contributed by atoms with Crippen molar-refractivity contribution in [2.45, 2.75) is 90.1 Å². The molecule has 1 aromatic heterocycles. The molecule has 0 aliphatic heterocycles. The quantitative estimate of drug-likeness (QED) is 0.787. The molecule has 3 rings (SSSR count). The van der Waals surface area contributed by atoms with Crippen molar-refractivity contribution >= 4 is 17.6 Å². The SMILES string of the molecule is CC(=O)Nc1cnc2c(c1C1CCCCCCCC1)CCC2OC(C)=O. The molecular formula is C21H30N2O3. The molecule has 1 fully saturated rings. The molecule has 1 unspecified atom stereocenters. The maximum Gasteiger partial charge on any atom is 0.303 e. The van der Waals surface area contributed by atoms with Gasteiger partial charge in [0.1, 0.15) is 6.10 Å². The minimum Gasteiger partial charge on any atom is -0.456 e. The van der Waals surface area contributed by atoms with Crippen LogP contribution in [0, 0.1) is 0 Å². The number of fused-ring (bicyclic) bond motifs is 1. The van der Waals surface area contributed by atoms with E-state index in [1.165, 1.54) is 56.6 Å². The molecule has 1 saturated carbocycles. The predicted octanol–water partition coefficient (Wildman–Crippen LogP) is 4.81. The fourth-order valence-corrected chi connectivity index (χ4v) is 4.53. The van der Waals surface area contributed by atoms with E-state index in [1.54, 1.807) is 13.1 Å². The highest BCUT2D eigenvalue weighted by Crippen LogP contribution is 2.43. The summed E-state index contributed by atoms with van der Waals surface area (Å²) >= 11 is 0. The maximum absolute atomic E-state index is 11.7. The van der Waals surface area contributed by atoms with Gasteiger partial charge in [0.05, 0.1) is 17.6 Å². The lowest BCUT2D eigenvalue weighted by Crippen LogP contribution is -2.14. The number of carbonyl (C=O) groups excluding carboxylic acids is 2. The van der Waals surface area contributed by atoms with Crippen LogP contribution in [0.25, 0.3) is 0 Å². The van der Waals surface area contributed by atoms with Crippen molar-refractivity contribution in [2.75, 3.05) is 5.32 Å². The number of nitrogens with one attached hydrogen (secondary N) is 1. The van der Waals surface area contributed by atoms with Gasteiger partial charge in [-0.25, -0.2) is 0 Å². The summed E-state index contributed by atoms with van der Waals surface area (Å²) in [6.07, 6.45) is 13.2. The van der Waals surface area contributed by atoms with E-state index in [1.807, 2.05) is 0 Å². The van der Waals surface area contributed by atoms with E-state index in [9.17, 15) is 9.59 Å². The van der Waals surface area contributed by atoms with E-state index in [0.717, 1.165) is 37.1 Å². The number of hydrogen-bond donors (Lipinski definition) is 1. The summed E-state index contributed by atoms with van der Waals surface area (Å²) < 4.78 is 5.48. The number of amides is 1. The van der Waals surface area contributed by atoms with Gasteiger partial charge in [-0.3, -0.25) is 14.6 Å². The lowest BCUT2D eigenvalue weighted by Gasteiger charge is -2.23. The van der Waals surface area contributed by atoms with Gasteiger partial charge in [0.2, 0.25) is 5.91 Å². The summed E-state index contributed by atoms with van der Waals surface area (Å²) in [6, 6.07) is 0.